The van der Waals surface area contributed by atoms with Crippen molar-refractivity contribution in [1.29, 1.82) is 0 Å². The lowest BCUT2D eigenvalue weighted by molar-refractivity contribution is 0.124. The van der Waals surface area contributed by atoms with Crippen molar-refractivity contribution in [3.05, 3.63) is 12.7 Å². The first-order chi connectivity index (χ1) is 9.42. The van der Waals surface area contributed by atoms with Gasteiger partial charge in [0.1, 0.15) is 0 Å². The third-order valence-electron chi connectivity index (χ3n) is 6.16. The Morgan fingerprint density at radius 2 is 1.30 bits per heavy atom. The van der Waals surface area contributed by atoms with E-state index in [0.29, 0.717) is 35.8 Å². The molecule has 2 aliphatic carbocycles. The van der Waals surface area contributed by atoms with Crippen LogP contribution in [0.25, 0.3) is 0 Å². The SMILES string of the molecule is C=CC1CC(CC2CC(C)C(N)C(C)C2)CC(C)C1N. The summed E-state index contributed by atoms with van der Waals surface area (Å²) in [6, 6.07) is 0.729. The zero-order chi connectivity index (χ0) is 14.9. The van der Waals surface area contributed by atoms with Gasteiger partial charge in [-0.15, -0.1) is 6.58 Å². The molecule has 0 spiro atoms. The fourth-order valence-electron chi connectivity index (χ4n) is 4.88. The molecule has 2 nitrogen and oxygen atoms in total. The van der Waals surface area contributed by atoms with E-state index in [0.717, 1.165) is 11.8 Å². The Hall–Kier alpha value is -0.340. The molecule has 0 radical (unpaired) electrons. The molecule has 0 bridgehead atoms. The molecule has 116 valence electrons. The largest absolute Gasteiger partial charge is 0.327 e. The van der Waals surface area contributed by atoms with E-state index in [2.05, 4.69) is 33.4 Å². The van der Waals surface area contributed by atoms with Gasteiger partial charge in [-0.25, -0.2) is 0 Å². The second-order valence-electron chi connectivity index (χ2n) is 7.90. The zero-order valence-corrected chi connectivity index (χ0v) is 13.6. The number of rotatable bonds is 3. The fraction of sp³-hybridized carbons (Fsp3) is 0.889. The highest BCUT2D eigenvalue weighted by atomic mass is 14.7. The highest BCUT2D eigenvalue weighted by molar-refractivity contribution is 4.96. The average Bonchev–Trinajstić information content (AvgIpc) is 2.39. The fourth-order valence-corrected chi connectivity index (χ4v) is 4.88. The Morgan fingerprint density at radius 3 is 1.80 bits per heavy atom. The van der Waals surface area contributed by atoms with Gasteiger partial charge in [0.15, 0.2) is 0 Å². The standard InChI is InChI=1S/C18H34N2/c1-5-16-10-15(8-13(4)18(16)20)9-14-6-11(2)17(19)12(3)7-14/h5,11-18H,1,6-10,19-20H2,2-4H3. The molecule has 0 amide bonds. The van der Waals surface area contributed by atoms with Crippen LogP contribution in [-0.2, 0) is 0 Å². The molecule has 2 heteroatoms. The molecule has 6 unspecified atom stereocenters. The zero-order valence-electron chi connectivity index (χ0n) is 13.6. The van der Waals surface area contributed by atoms with Gasteiger partial charge >= 0.3 is 0 Å². The first kappa shape index (κ1) is 16.0. The van der Waals surface area contributed by atoms with Crippen molar-refractivity contribution in [3.63, 3.8) is 0 Å². The quantitative estimate of drug-likeness (QED) is 0.776. The van der Waals surface area contributed by atoms with E-state index in [-0.39, 0.29) is 0 Å². The van der Waals surface area contributed by atoms with Crippen LogP contribution in [0, 0.1) is 35.5 Å². The predicted molar refractivity (Wildman–Crippen MR) is 87.2 cm³/mol. The van der Waals surface area contributed by atoms with Gasteiger partial charge in [0.25, 0.3) is 0 Å². The van der Waals surface area contributed by atoms with Crippen LogP contribution in [0.1, 0.15) is 52.9 Å². The number of hydrogen-bond donors (Lipinski definition) is 2. The maximum atomic E-state index is 6.30. The second kappa shape index (κ2) is 6.62. The van der Waals surface area contributed by atoms with E-state index >= 15 is 0 Å². The van der Waals surface area contributed by atoms with E-state index in [1.165, 1.54) is 32.1 Å². The van der Waals surface area contributed by atoms with Crippen LogP contribution in [-0.4, -0.2) is 12.1 Å². The molecule has 2 aliphatic rings. The predicted octanol–water partition coefficient (Wildman–Crippen LogP) is 3.56. The van der Waals surface area contributed by atoms with Gasteiger partial charge in [-0.3, -0.25) is 0 Å². The summed E-state index contributed by atoms with van der Waals surface area (Å²) in [6.07, 6.45) is 8.66. The Labute approximate surface area is 125 Å². The van der Waals surface area contributed by atoms with Crippen molar-refractivity contribution in [1.82, 2.24) is 0 Å². The van der Waals surface area contributed by atoms with Crippen LogP contribution in [0.2, 0.25) is 0 Å². The summed E-state index contributed by atoms with van der Waals surface area (Å²) in [5.74, 6) is 4.23. The molecule has 0 aliphatic heterocycles. The highest BCUT2D eigenvalue weighted by Gasteiger charge is 2.36. The van der Waals surface area contributed by atoms with Crippen LogP contribution < -0.4 is 11.5 Å². The van der Waals surface area contributed by atoms with E-state index in [4.69, 9.17) is 11.5 Å². The van der Waals surface area contributed by atoms with Gasteiger partial charge in [0, 0.05) is 12.1 Å². The molecular formula is C18H34N2. The van der Waals surface area contributed by atoms with E-state index in [1.54, 1.807) is 0 Å². The molecule has 0 aromatic heterocycles. The van der Waals surface area contributed by atoms with Crippen LogP contribution >= 0.6 is 0 Å². The van der Waals surface area contributed by atoms with Gasteiger partial charge in [0.2, 0.25) is 0 Å². The molecule has 0 saturated heterocycles. The molecule has 4 N–H and O–H groups in total. The van der Waals surface area contributed by atoms with Crippen molar-refractivity contribution in [2.24, 2.45) is 47.0 Å². The smallest absolute Gasteiger partial charge is 0.0128 e. The van der Waals surface area contributed by atoms with Crippen LogP contribution in [0.4, 0.5) is 0 Å². The molecule has 0 heterocycles. The first-order valence-corrected chi connectivity index (χ1v) is 8.56. The van der Waals surface area contributed by atoms with Gasteiger partial charge in [-0.1, -0.05) is 26.8 Å². The van der Waals surface area contributed by atoms with Gasteiger partial charge in [-0.05, 0) is 67.6 Å². The van der Waals surface area contributed by atoms with E-state index in [1.807, 2.05) is 0 Å². The summed E-state index contributed by atoms with van der Waals surface area (Å²) in [4.78, 5) is 0. The average molecular weight is 278 g/mol. The van der Waals surface area contributed by atoms with Crippen molar-refractivity contribution in [3.8, 4) is 0 Å². The summed E-state index contributed by atoms with van der Waals surface area (Å²) in [5, 5.41) is 0. The maximum Gasteiger partial charge on any atom is 0.0128 e. The Balaban J connectivity index is 1.91. The first-order valence-electron chi connectivity index (χ1n) is 8.56. The molecule has 2 saturated carbocycles. The minimum absolute atomic E-state index is 0.321. The normalized spacial score (nSPS) is 49.9. The van der Waals surface area contributed by atoms with Gasteiger partial charge < -0.3 is 11.5 Å². The van der Waals surface area contributed by atoms with Crippen molar-refractivity contribution in [2.45, 2.75) is 65.0 Å². The number of hydrogen-bond acceptors (Lipinski definition) is 2. The van der Waals surface area contributed by atoms with E-state index < -0.39 is 0 Å². The third kappa shape index (κ3) is 3.46. The molecule has 0 aromatic carbocycles. The monoisotopic (exact) mass is 278 g/mol. The molecule has 20 heavy (non-hydrogen) atoms. The molecule has 0 aromatic rings. The lowest BCUT2D eigenvalue weighted by atomic mass is 9.66. The van der Waals surface area contributed by atoms with Crippen molar-refractivity contribution in [2.75, 3.05) is 0 Å². The minimum atomic E-state index is 0.321. The summed E-state index contributed by atoms with van der Waals surface area (Å²) in [5.41, 5.74) is 12.6. The minimum Gasteiger partial charge on any atom is -0.327 e. The van der Waals surface area contributed by atoms with Crippen LogP contribution in [0.3, 0.4) is 0 Å². The van der Waals surface area contributed by atoms with Crippen molar-refractivity contribution < 1.29 is 0 Å². The van der Waals surface area contributed by atoms with Gasteiger partial charge in [0.05, 0.1) is 0 Å². The molecule has 2 fully saturated rings. The van der Waals surface area contributed by atoms with Crippen molar-refractivity contribution >= 4 is 0 Å². The number of nitrogens with two attached hydrogens (primary N) is 2. The summed E-state index contributed by atoms with van der Waals surface area (Å²) in [7, 11) is 0. The topological polar surface area (TPSA) is 52.0 Å². The van der Waals surface area contributed by atoms with Crippen LogP contribution in [0.15, 0.2) is 12.7 Å². The highest BCUT2D eigenvalue weighted by Crippen LogP contribution is 2.41. The lowest BCUT2D eigenvalue weighted by Crippen LogP contribution is -2.43. The Morgan fingerprint density at radius 1 is 0.850 bits per heavy atom. The molecule has 6 atom stereocenters. The van der Waals surface area contributed by atoms with Gasteiger partial charge in [-0.2, -0.15) is 0 Å². The summed E-state index contributed by atoms with van der Waals surface area (Å²) >= 11 is 0. The summed E-state index contributed by atoms with van der Waals surface area (Å²) in [6.45, 7) is 11.0. The Bertz CT molecular complexity index is 315. The molecular weight excluding hydrogens is 244 g/mol. The maximum absolute atomic E-state index is 6.30. The summed E-state index contributed by atoms with van der Waals surface area (Å²) < 4.78 is 0. The lowest BCUT2D eigenvalue weighted by Gasteiger charge is -2.42. The molecule has 2 rings (SSSR count). The Kier molecular flexibility index (Phi) is 5.30. The third-order valence-corrected chi connectivity index (χ3v) is 6.16. The second-order valence-corrected chi connectivity index (χ2v) is 7.90. The van der Waals surface area contributed by atoms with Crippen LogP contribution in [0.5, 0.6) is 0 Å². The van der Waals surface area contributed by atoms with E-state index in [9.17, 15) is 0 Å².